The van der Waals surface area contributed by atoms with E-state index >= 15 is 0 Å². The molecule has 0 aliphatic heterocycles. The predicted octanol–water partition coefficient (Wildman–Crippen LogP) is 2.88. The molecule has 2 heteroatoms. The molecule has 0 atom stereocenters. The summed E-state index contributed by atoms with van der Waals surface area (Å²) in [7, 11) is 0. The fraction of sp³-hybridized carbons (Fsp3) is 0.444. The van der Waals surface area contributed by atoms with Crippen LogP contribution in [-0.4, -0.2) is 4.98 Å². The first kappa shape index (κ1) is 8.97. The number of pyridine rings is 1. The number of hydrogen-bond acceptors (Lipinski definition) is 1. The van der Waals surface area contributed by atoms with Gasteiger partial charge in [0.05, 0.1) is 0 Å². The van der Waals surface area contributed by atoms with Crippen molar-refractivity contribution in [2.75, 3.05) is 0 Å². The minimum absolute atomic E-state index is 0.728. The van der Waals surface area contributed by atoms with Crippen LogP contribution in [0.1, 0.15) is 19.4 Å². The van der Waals surface area contributed by atoms with Crippen molar-refractivity contribution in [3.05, 3.63) is 27.6 Å². The summed E-state index contributed by atoms with van der Waals surface area (Å²) in [5, 5.41) is 0. The molecular weight excluding hydrogens is 249 g/mol. The highest BCUT2D eigenvalue weighted by Crippen LogP contribution is 2.13. The van der Waals surface area contributed by atoms with Crippen LogP contribution in [0.25, 0.3) is 0 Å². The van der Waals surface area contributed by atoms with Crippen LogP contribution < -0.4 is 0 Å². The highest BCUT2D eigenvalue weighted by molar-refractivity contribution is 14.1. The largest absolute Gasteiger partial charge is 0.264 e. The predicted molar refractivity (Wildman–Crippen MR) is 55.5 cm³/mol. The maximum absolute atomic E-state index is 4.04. The van der Waals surface area contributed by atoms with Gasteiger partial charge >= 0.3 is 0 Å². The van der Waals surface area contributed by atoms with Gasteiger partial charge in [-0.1, -0.05) is 13.8 Å². The molecule has 0 aromatic carbocycles. The molecule has 11 heavy (non-hydrogen) atoms. The van der Waals surface area contributed by atoms with Gasteiger partial charge in [0.15, 0.2) is 0 Å². The van der Waals surface area contributed by atoms with E-state index in [-0.39, 0.29) is 0 Å². The molecule has 1 heterocycles. The molecule has 0 saturated carbocycles. The van der Waals surface area contributed by atoms with Crippen molar-refractivity contribution in [2.45, 2.75) is 20.3 Å². The molecule has 0 saturated heterocycles. The van der Waals surface area contributed by atoms with Gasteiger partial charge in [-0.05, 0) is 46.6 Å². The van der Waals surface area contributed by atoms with E-state index in [9.17, 15) is 0 Å². The monoisotopic (exact) mass is 261 g/mol. The Balaban J connectivity index is 2.78. The minimum Gasteiger partial charge on any atom is -0.264 e. The zero-order valence-electron chi connectivity index (χ0n) is 6.84. The lowest BCUT2D eigenvalue weighted by Crippen LogP contribution is -1.96. The Morgan fingerprint density at radius 1 is 1.55 bits per heavy atom. The summed E-state index contributed by atoms with van der Waals surface area (Å²) in [6.45, 7) is 4.47. The molecule has 0 bridgehead atoms. The van der Waals surface area contributed by atoms with Crippen molar-refractivity contribution in [2.24, 2.45) is 5.92 Å². The summed E-state index contributed by atoms with van der Waals surface area (Å²) in [5.74, 6) is 0.728. The first-order valence-electron chi connectivity index (χ1n) is 3.78. The summed E-state index contributed by atoms with van der Waals surface area (Å²) in [4.78, 5) is 4.04. The van der Waals surface area contributed by atoms with Crippen LogP contribution in [0.4, 0.5) is 0 Å². The van der Waals surface area contributed by atoms with Crippen molar-refractivity contribution in [1.82, 2.24) is 4.98 Å². The molecule has 1 aromatic heterocycles. The van der Waals surface area contributed by atoms with Gasteiger partial charge in [-0.15, -0.1) is 0 Å². The highest BCUT2D eigenvalue weighted by Gasteiger charge is 2.00. The van der Waals surface area contributed by atoms with Gasteiger partial charge in [-0.3, -0.25) is 4.98 Å². The van der Waals surface area contributed by atoms with Gasteiger partial charge in [0.1, 0.15) is 0 Å². The first-order chi connectivity index (χ1) is 5.20. The lowest BCUT2D eigenvalue weighted by Gasteiger charge is -2.05. The third-order valence-electron chi connectivity index (χ3n) is 1.48. The SMILES string of the molecule is CC(C)Cc1ccncc1I. The number of rotatable bonds is 2. The van der Waals surface area contributed by atoms with Gasteiger partial charge in [0.25, 0.3) is 0 Å². The van der Waals surface area contributed by atoms with Crippen molar-refractivity contribution in [1.29, 1.82) is 0 Å². The Kier molecular flexibility index (Phi) is 3.30. The Morgan fingerprint density at radius 3 is 2.82 bits per heavy atom. The van der Waals surface area contributed by atoms with Crippen molar-refractivity contribution < 1.29 is 0 Å². The molecule has 1 aromatic rings. The molecule has 1 nitrogen and oxygen atoms in total. The number of hydrogen-bond donors (Lipinski definition) is 0. The van der Waals surface area contributed by atoms with Gasteiger partial charge in [0, 0.05) is 16.0 Å². The van der Waals surface area contributed by atoms with Gasteiger partial charge < -0.3 is 0 Å². The normalized spacial score (nSPS) is 10.5. The lowest BCUT2D eigenvalue weighted by atomic mass is 10.0. The topological polar surface area (TPSA) is 12.9 Å². The third kappa shape index (κ3) is 2.77. The van der Waals surface area contributed by atoms with Crippen molar-refractivity contribution in [3.8, 4) is 0 Å². The van der Waals surface area contributed by atoms with Crippen LogP contribution in [0.2, 0.25) is 0 Å². The number of nitrogens with zero attached hydrogens (tertiary/aromatic N) is 1. The van der Waals surface area contributed by atoms with E-state index in [0.717, 1.165) is 12.3 Å². The molecular formula is C9H12IN. The molecule has 0 fully saturated rings. The van der Waals surface area contributed by atoms with Crippen LogP contribution in [0, 0.1) is 9.49 Å². The zero-order chi connectivity index (χ0) is 8.27. The smallest absolute Gasteiger partial charge is 0.0404 e. The second-order valence-corrected chi connectivity index (χ2v) is 4.23. The lowest BCUT2D eigenvalue weighted by molar-refractivity contribution is 0.645. The van der Waals surface area contributed by atoms with E-state index in [2.05, 4.69) is 47.5 Å². The molecule has 60 valence electrons. The van der Waals surface area contributed by atoms with Crippen molar-refractivity contribution in [3.63, 3.8) is 0 Å². The van der Waals surface area contributed by atoms with E-state index < -0.39 is 0 Å². The molecule has 0 spiro atoms. The van der Waals surface area contributed by atoms with Crippen LogP contribution in [0.15, 0.2) is 18.5 Å². The van der Waals surface area contributed by atoms with Crippen LogP contribution in [-0.2, 0) is 6.42 Å². The van der Waals surface area contributed by atoms with Gasteiger partial charge in [0.2, 0.25) is 0 Å². The highest BCUT2D eigenvalue weighted by atomic mass is 127. The average molecular weight is 261 g/mol. The van der Waals surface area contributed by atoms with Crippen molar-refractivity contribution >= 4 is 22.6 Å². The summed E-state index contributed by atoms with van der Waals surface area (Å²) in [6, 6.07) is 2.10. The summed E-state index contributed by atoms with van der Waals surface area (Å²) >= 11 is 2.33. The molecule has 0 radical (unpaired) electrons. The van der Waals surface area contributed by atoms with E-state index in [1.165, 1.54) is 9.13 Å². The zero-order valence-corrected chi connectivity index (χ0v) is 9.00. The summed E-state index contributed by atoms with van der Waals surface area (Å²) in [6.07, 6.45) is 4.93. The Morgan fingerprint density at radius 2 is 2.27 bits per heavy atom. The minimum atomic E-state index is 0.728. The molecule has 0 amide bonds. The second-order valence-electron chi connectivity index (χ2n) is 3.07. The molecule has 1 rings (SSSR count). The Bertz CT molecular complexity index is 233. The first-order valence-corrected chi connectivity index (χ1v) is 4.86. The number of halogens is 1. The quantitative estimate of drug-likeness (QED) is 0.746. The van der Waals surface area contributed by atoms with Crippen LogP contribution in [0.3, 0.4) is 0 Å². The molecule has 0 unspecified atom stereocenters. The van der Waals surface area contributed by atoms with E-state index in [1.54, 1.807) is 0 Å². The molecule has 0 aliphatic rings. The van der Waals surface area contributed by atoms with E-state index in [0.29, 0.717) is 0 Å². The third-order valence-corrected chi connectivity index (χ3v) is 2.46. The molecule has 0 N–H and O–H groups in total. The maximum Gasteiger partial charge on any atom is 0.0404 e. The van der Waals surface area contributed by atoms with E-state index in [4.69, 9.17) is 0 Å². The fourth-order valence-electron chi connectivity index (χ4n) is 1.01. The van der Waals surface area contributed by atoms with Gasteiger partial charge in [-0.2, -0.15) is 0 Å². The van der Waals surface area contributed by atoms with Crippen LogP contribution >= 0.6 is 22.6 Å². The maximum atomic E-state index is 4.04. The second kappa shape index (κ2) is 4.04. The summed E-state index contributed by atoms with van der Waals surface area (Å²) < 4.78 is 1.28. The Hall–Kier alpha value is -0.120. The summed E-state index contributed by atoms with van der Waals surface area (Å²) in [5.41, 5.74) is 1.41. The number of aromatic nitrogens is 1. The average Bonchev–Trinajstić information content (AvgIpc) is 1.93. The molecule has 0 aliphatic carbocycles. The van der Waals surface area contributed by atoms with E-state index in [1.807, 2.05) is 12.4 Å². The standard InChI is InChI=1S/C9H12IN/c1-7(2)5-8-3-4-11-6-9(8)10/h3-4,6-7H,5H2,1-2H3. The van der Waals surface area contributed by atoms with Gasteiger partial charge in [-0.25, -0.2) is 0 Å². The Labute approximate surface area is 81.4 Å². The van der Waals surface area contributed by atoms with Crippen LogP contribution in [0.5, 0.6) is 0 Å². The fourth-order valence-corrected chi connectivity index (χ4v) is 1.57.